The largest absolute Gasteiger partial charge is 0.453 e. The fourth-order valence-corrected chi connectivity index (χ4v) is 8.16. The molecule has 1 atom stereocenters. The molecule has 3 aliphatic rings. The number of para-hydroxylation sites is 8. The van der Waals surface area contributed by atoms with E-state index >= 15 is 0 Å². The Hall–Kier alpha value is -6.81. The Labute approximate surface area is 321 Å². The Morgan fingerprint density at radius 3 is 1.29 bits per heavy atom. The normalized spacial score (nSPS) is 15.1. The van der Waals surface area contributed by atoms with Crippen LogP contribution >= 0.6 is 0 Å². The minimum Gasteiger partial charge on any atom is -0.453 e. The number of hydrogen-bond donors (Lipinski definition) is 1. The Kier molecular flexibility index (Phi) is 7.55. The summed E-state index contributed by atoms with van der Waals surface area (Å²) >= 11 is 0. The Morgan fingerprint density at radius 1 is 0.545 bits per heavy atom. The minimum atomic E-state index is -0.364. The standard InChI is InChI=1S/C49H38N4O2/c1-49(2,3)48-46(33-22-20-31(29-50)21-23-33)40(52-36-12-4-8-16-42(36)54-43-17-9-5-13-37(43)52)28-41(47(48)34-26-24-32(25-27-34)35-30-51-35)53-38-14-6-10-18-44(38)55-45-19-11-7-15-39(45)53/h4-28,35,51H,30H2,1-3H3. The highest BCUT2D eigenvalue weighted by Crippen LogP contribution is 2.60. The molecule has 0 aliphatic carbocycles. The Balaban J connectivity index is 1.39. The second-order valence-corrected chi connectivity index (χ2v) is 15.3. The Morgan fingerprint density at radius 2 is 0.927 bits per heavy atom. The summed E-state index contributed by atoms with van der Waals surface area (Å²) < 4.78 is 13.1. The summed E-state index contributed by atoms with van der Waals surface area (Å²) in [6.45, 7) is 7.91. The molecule has 6 nitrogen and oxygen atoms in total. The van der Waals surface area contributed by atoms with Crippen LogP contribution in [0.2, 0.25) is 0 Å². The van der Waals surface area contributed by atoms with Gasteiger partial charge in [-0.25, -0.2) is 0 Å². The molecular formula is C49H38N4O2. The van der Waals surface area contributed by atoms with E-state index in [1.165, 1.54) is 11.1 Å². The highest BCUT2D eigenvalue weighted by Gasteiger charge is 2.37. The quantitative estimate of drug-likeness (QED) is 0.179. The number of hydrogen-bond acceptors (Lipinski definition) is 6. The zero-order chi connectivity index (χ0) is 37.3. The van der Waals surface area contributed by atoms with Gasteiger partial charge < -0.3 is 24.6 Å². The number of nitrogens with one attached hydrogen (secondary N) is 1. The molecule has 0 amide bonds. The van der Waals surface area contributed by atoms with E-state index in [1.807, 2.05) is 60.7 Å². The molecule has 1 N–H and O–H groups in total. The average Bonchev–Trinajstić information content (AvgIpc) is 4.07. The Bertz CT molecular complexity index is 2580. The molecule has 10 rings (SSSR count). The van der Waals surface area contributed by atoms with E-state index in [0.717, 1.165) is 85.9 Å². The summed E-state index contributed by atoms with van der Waals surface area (Å²) in [5.74, 6) is 3.14. The lowest BCUT2D eigenvalue weighted by Crippen LogP contribution is -2.24. The van der Waals surface area contributed by atoms with E-state index in [2.05, 4.69) is 133 Å². The van der Waals surface area contributed by atoms with Crippen molar-refractivity contribution in [3.8, 4) is 51.3 Å². The number of nitrogens with zero attached hydrogens (tertiary/aromatic N) is 3. The van der Waals surface area contributed by atoms with Gasteiger partial charge in [0.1, 0.15) is 0 Å². The van der Waals surface area contributed by atoms with Crippen LogP contribution in [0.15, 0.2) is 152 Å². The molecule has 55 heavy (non-hydrogen) atoms. The van der Waals surface area contributed by atoms with Crippen LogP contribution in [-0.4, -0.2) is 6.54 Å². The topological polar surface area (TPSA) is 70.7 Å². The van der Waals surface area contributed by atoms with Gasteiger partial charge in [-0.05, 0) is 94.4 Å². The van der Waals surface area contributed by atoms with Crippen molar-refractivity contribution in [1.29, 1.82) is 5.26 Å². The van der Waals surface area contributed by atoms with Gasteiger partial charge in [-0.3, -0.25) is 0 Å². The fourth-order valence-electron chi connectivity index (χ4n) is 8.16. The maximum atomic E-state index is 9.87. The third-order valence-electron chi connectivity index (χ3n) is 10.7. The van der Waals surface area contributed by atoms with E-state index in [-0.39, 0.29) is 5.41 Å². The molecule has 3 aliphatic heterocycles. The predicted molar refractivity (Wildman–Crippen MR) is 221 cm³/mol. The maximum absolute atomic E-state index is 9.87. The highest BCUT2D eigenvalue weighted by molar-refractivity contribution is 6.04. The van der Waals surface area contributed by atoms with Crippen LogP contribution in [0.5, 0.6) is 23.0 Å². The van der Waals surface area contributed by atoms with E-state index in [9.17, 15) is 5.26 Å². The lowest BCUT2D eigenvalue weighted by molar-refractivity contribution is 0.477. The van der Waals surface area contributed by atoms with E-state index in [0.29, 0.717) is 11.6 Å². The lowest BCUT2D eigenvalue weighted by atomic mass is 9.75. The molecule has 7 aromatic carbocycles. The van der Waals surface area contributed by atoms with E-state index in [1.54, 1.807) is 0 Å². The van der Waals surface area contributed by atoms with Gasteiger partial charge in [-0.15, -0.1) is 0 Å². The molecule has 266 valence electrons. The lowest BCUT2D eigenvalue weighted by Gasteiger charge is -2.40. The van der Waals surface area contributed by atoms with Gasteiger partial charge in [-0.1, -0.05) is 106 Å². The van der Waals surface area contributed by atoms with Crippen LogP contribution in [-0.2, 0) is 5.41 Å². The van der Waals surface area contributed by atoms with Gasteiger partial charge in [0.15, 0.2) is 23.0 Å². The summed E-state index contributed by atoms with van der Waals surface area (Å²) in [7, 11) is 0. The van der Waals surface area contributed by atoms with Crippen molar-refractivity contribution in [3.05, 3.63) is 168 Å². The van der Waals surface area contributed by atoms with Gasteiger partial charge in [0.25, 0.3) is 0 Å². The molecule has 0 aromatic heterocycles. The van der Waals surface area contributed by atoms with Gasteiger partial charge in [-0.2, -0.15) is 5.26 Å². The van der Waals surface area contributed by atoms with E-state index in [4.69, 9.17) is 9.47 Å². The minimum absolute atomic E-state index is 0.364. The molecule has 3 heterocycles. The van der Waals surface area contributed by atoms with Crippen molar-refractivity contribution in [2.75, 3.05) is 16.3 Å². The third kappa shape index (κ3) is 5.51. The number of benzene rings is 7. The summed E-state index contributed by atoms with van der Waals surface area (Å²) in [6, 6.07) is 55.3. The molecule has 7 aromatic rings. The number of anilines is 6. The van der Waals surface area contributed by atoms with Gasteiger partial charge in [0, 0.05) is 23.7 Å². The molecule has 1 unspecified atom stereocenters. The van der Waals surface area contributed by atoms with Crippen LogP contribution in [0.3, 0.4) is 0 Å². The number of fused-ring (bicyclic) bond motifs is 4. The molecule has 0 bridgehead atoms. The SMILES string of the molecule is CC(C)(C)c1c(-c2ccc(C#N)cc2)c(N2c3ccccc3Oc3ccccc32)cc(N2c3ccccc3Oc3ccccc32)c1-c1ccc(C2CN2)cc1. The summed E-state index contributed by atoms with van der Waals surface area (Å²) in [5, 5.41) is 13.3. The smallest absolute Gasteiger partial charge is 0.151 e. The molecular weight excluding hydrogens is 677 g/mol. The molecule has 0 spiro atoms. The zero-order valence-electron chi connectivity index (χ0n) is 30.9. The van der Waals surface area contributed by atoms with Crippen LogP contribution in [0.25, 0.3) is 22.3 Å². The fraction of sp³-hybridized carbons (Fsp3) is 0.122. The number of rotatable bonds is 5. The van der Waals surface area contributed by atoms with Crippen molar-refractivity contribution >= 4 is 34.1 Å². The molecule has 6 heteroatoms. The molecule has 0 saturated carbocycles. The third-order valence-corrected chi connectivity index (χ3v) is 10.7. The van der Waals surface area contributed by atoms with Gasteiger partial charge >= 0.3 is 0 Å². The first-order valence-corrected chi connectivity index (χ1v) is 18.8. The van der Waals surface area contributed by atoms with E-state index < -0.39 is 0 Å². The first-order chi connectivity index (χ1) is 26.9. The van der Waals surface area contributed by atoms with Gasteiger partial charge in [0.05, 0.1) is 45.8 Å². The average molecular weight is 715 g/mol. The predicted octanol–water partition coefficient (Wildman–Crippen LogP) is 13.0. The zero-order valence-corrected chi connectivity index (χ0v) is 30.9. The van der Waals surface area contributed by atoms with Gasteiger partial charge in [0.2, 0.25) is 0 Å². The van der Waals surface area contributed by atoms with Crippen LogP contribution in [0, 0.1) is 11.3 Å². The molecule has 0 radical (unpaired) electrons. The number of ether oxygens (including phenoxy) is 2. The van der Waals surface area contributed by atoms with Crippen LogP contribution in [0.1, 0.15) is 43.5 Å². The van der Waals surface area contributed by atoms with Crippen LogP contribution < -0.4 is 24.6 Å². The van der Waals surface area contributed by atoms with Crippen molar-refractivity contribution in [3.63, 3.8) is 0 Å². The van der Waals surface area contributed by atoms with Crippen molar-refractivity contribution in [2.24, 2.45) is 0 Å². The first-order valence-electron chi connectivity index (χ1n) is 18.8. The summed E-state index contributed by atoms with van der Waals surface area (Å²) in [5.41, 5.74) is 12.9. The monoisotopic (exact) mass is 714 g/mol. The van der Waals surface area contributed by atoms with Crippen molar-refractivity contribution < 1.29 is 9.47 Å². The highest BCUT2D eigenvalue weighted by atomic mass is 16.5. The molecule has 1 fully saturated rings. The summed E-state index contributed by atoms with van der Waals surface area (Å²) in [4.78, 5) is 4.73. The number of nitriles is 1. The maximum Gasteiger partial charge on any atom is 0.151 e. The second-order valence-electron chi connectivity index (χ2n) is 15.3. The first kappa shape index (κ1) is 32.8. The van der Waals surface area contributed by atoms with Crippen LogP contribution in [0.4, 0.5) is 34.1 Å². The van der Waals surface area contributed by atoms with Crippen molar-refractivity contribution in [1.82, 2.24) is 5.32 Å². The molecule has 1 saturated heterocycles. The summed E-state index contributed by atoms with van der Waals surface area (Å²) in [6.07, 6.45) is 0. The second kappa shape index (κ2) is 12.7. The van der Waals surface area contributed by atoms with Crippen molar-refractivity contribution in [2.45, 2.75) is 32.2 Å².